The van der Waals surface area contributed by atoms with Gasteiger partial charge in [-0.1, -0.05) is 45.0 Å². The van der Waals surface area contributed by atoms with E-state index in [0.717, 1.165) is 24.9 Å². The summed E-state index contributed by atoms with van der Waals surface area (Å²) in [5, 5.41) is 3.33. The Labute approximate surface area is 111 Å². The van der Waals surface area contributed by atoms with Crippen LogP contribution in [0.2, 0.25) is 0 Å². The van der Waals surface area contributed by atoms with Gasteiger partial charge >= 0.3 is 0 Å². The third-order valence-electron chi connectivity index (χ3n) is 3.02. The maximum absolute atomic E-state index is 11.8. The number of carbonyl (C=O) groups excluding carboxylic acids is 1. The molecular formula is C16H25NO. The summed E-state index contributed by atoms with van der Waals surface area (Å²) in [5.74, 6) is 0.338. The van der Waals surface area contributed by atoms with Crippen LogP contribution in [0.25, 0.3) is 0 Å². The van der Waals surface area contributed by atoms with Crippen molar-refractivity contribution < 1.29 is 4.79 Å². The zero-order valence-electron chi connectivity index (χ0n) is 11.8. The van der Waals surface area contributed by atoms with Crippen molar-refractivity contribution in [3.63, 3.8) is 0 Å². The topological polar surface area (TPSA) is 29.1 Å². The van der Waals surface area contributed by atoms with Crippen LogP contribution in [0.4, 0.5) is 0 Å². The van der Waals surface area contributed by atoms with Gasteiger partial charge in [0.05, 0.1) is 0 Å². The number of nitrogens with one attached hydrogen (secondary N) is 1. The fraction of sp³-hybridized carbons (Fsp3) is 0.562. The fourth-order valence-corrected chi connectivity index (χ4v) is 1.89. The van der Waals surface area contributed by atoms with Gasteiger partial charge in [0.2, 0.25) is 0 Å². The third-order valence-corrected chi connectivity index (χ3v) is 3.02. The summed E-state index contributed by atoms with van der Waals surface area (Å²) in [6, 6.07) is 8.87. The zero-order chi connectivity index (χ0) is 13.4. The Morgan fingerprint density at radius 2 is 1.78 bits per heavy atom. The molecule has 0 amide bonds. The number of benzene rings is 1. The van der Waals surface area contributed by atoms with E-state index < -0.39 is 0 Å². The molecule has 0 spiro atoms. The van der Waals surface area contributed by atoms with Crippen molar-refractivity contribution in [2.45, 2.75) is 52.5 Å². The molecule has 1 aromatic carbocycles. The molecule has 0 saturated carbocycles. The summed E-state index contributed by atoms with van der Waals surface area (Å²) in [4.78, 5) is 11.8. The first-order valence-electron chi connectivity index (χ1n) is 6.94. The Kier molecular flexibility index (Phi) is 6.66. The van der Waals surface area contributed by atoms with Crippen LogP contribution in [0.3, 0.4) is 0 Å². The molecule has 0 unspecified atom stereocenters. The summed E-state index contributed by atoms with van der Waals surface area (Å²) < 4.78 is 0. The molecule has 0 aliphatic rings. The van der Waals surface area contributed by atoms with E-state index in [1.54, 1.807) is 0 Å². The van der Waals surface area contributed by atoms with Crippen LogP contribution in [0.15, 0.2) is 24.3 Å². The number of Topliss-reactive ketones (excluding diaryl/α,β-unsaturated/α-hetero) is 1. The third kappa shape index (κ3) is 5.97. The molecular weight excluding hydrogens is 222 g/mol. The lowest BCUT2D eigenvalue weighted by Gasteiger charge is -2.07. The second-order valence-corrected chi connectivity index (χ2v) is 5.10. The SMILES string of the molecule is CCc1ccc(CC(=O)CCCNC(C)C)cc1. The molecule has 0 aromatic heterocycles. The summed E-state index contributed by atoms with van der Waals surface area (Å²) >= 11 is 0. The first kappa shape index (κ1) is 14.9. The number of hydrogen-bond donors (Lipinski definition) is 1. The van der Waals surface area contributed by atoms with E-state index in [-0.39, 0.29) is 0 Å². The van der Waals surface area contributed by atoms with Gasteiger partial charge in [0.1, 0.15) is 5.78 Å². The lowest BCUT2D eigenvalue weighted by molar-refractivity contribution is -0.118. The molecule has 2 heteroatoms. The minimum atomic E-state index is 0.338. The second-order valence-electron chi connectivity index (χ2n) is 5.10. The normalized spacial score (nSPS) is 10.9. The fourth-order valence-electron chi connectivity index (χ4n) is 1.89. The monoisotopic (exact) mass is 247 g/mol. The Hall–Kier alpha value is -1.15. The van der Waals surface area contributed by atoms with E-state index in [2.05, 4.69) is 50.4 Å². The van der Waals surface area contributed by atoms with Crippen molar-refractivity contribution >= 4 is 5.78 Å². The van der Waals surface area contributed by atoms with Crippen LogP contribution in [-0.4, -0.2) is 18.4 Å². The molecule has 0 aliphatic heterocycles. The minimum Gasteiger partial charge on any atom is -0.315 e. The molecule has 0 heterocycles. The first-order valence-corrected chi connectivity index (χ1v) is 6.94. The van der Waals surface area contributed by atoms with Gasteiger partial charge in [0.15, 0.2) is 0 Å². The highest BCUT2D eigenvalue weighted by Gasteiger charge is 2.04. The highest BCUT2D eigenvalue weighted by Crippen LogP contribution is 2.07. The minimum absolute atomic E-state index is 0.338. The molecule has 1 rings (SSSR count). The van der Waals surface area contributed by atoms with Crippen LogP contribution < -0.4 is 5.32 Å². The van der Waals surface area contributed by atoms with Gasteiger partial charge in [0.25, 0.3) is 0 Å². The summed E-state index contributed by atoms with van der Waals surface area (Å²) in [6.45, 7) is 7.31. The van der Waals surface area contributed by atoms with Crippen molar-refractivity contribution in [2.24, 2.45) is 0 Å². The second kappa shape index (κ2) is 8.04. The Bertz CT molecular complexity index is 354. The molecule has 0 saturated heterocycles. The average Bonchev–Trinajstić information content (AvgIpc) is 2.35. The molecule has 18 heavy (non-hydrogen) atoms. The van der Waals surface area contributed by atoms with Gasteiger partial charge < -0.3 is 5.32 Å². The van der Waals surface area contributed by atoms with Gasteiger partial charge in [-0.25, -0.2) is 0 Å². The van der Waals surface area contributed by atoms with Crippen molar-refractivity contribution in [3.8, 4) is 0 Å². The molecule has 2 nitrogen and oxygen atoms in total. The number of hydrogen-bond acceptors (Lipinski definition) is 2. The molecule has 0 aliphatic carbocycles. The lowest BCUT2D eigenvalue weighted by atomic mass is 10.0. The van der Waals surface area contributed by atoms with Crippen LogP contribution in [0.1, 0.15) is 44.7 Å². The van der Waals surface area contributed by atoms with Crippen molar-refractivity contribution in [2.75, 3.05) is 6.54 Å². The van der Waals surface area contributed by atoms with Gasteiger partial charge in [-0.2, -0.15) is 0 Å². The van der Waals surface area contributed by atoms with Gasteiger partial charge in [-0.3, -0.25) is 4.79 Å². The summed E-state index contributed by atoms with van der Waals surface area (Å²) in [5.41, 5.74) is 2.46. The number of rotatable bonds is 8. The predicted octanol–water partition coefficient (Wildman–Crippen LogP) is 3.14. The predicted molar refractivity (Wildman–Crippen MR) is 76.9 cm³/mol. The Morgan fingerprint density at radius 1 is 1.17 bits per heavy atom. The van der Waals surface area contributed by atoms with E-state index in [9.17, 15) is 4.79 Å². The van der Waals surface area contributed by atoms with Crippen LogP contribution in [0.5, 0.6) is 0 Å². The largest absolute Gasteiger partial charge is 0.315 e. The number of carbonyl (C=O) groups is 1. The molecule has 1 N–H and O–H groups in total. The zero-order valence-corrected chi connectivity index (χ0v) is 11.8. The van der Waals surface area contributed by atoms with Crippen molar-refractivity contribution in [1.29, 1.82) is 0 Å². The standard InChI is InChI=1S/C16H25NO/c1-4-14-7-9-15(10-8-14)12-16(18)6-5-11-17-13(2)3/h7-10,13,17H,4-6,11-12H2,1-3H3. The molecule has 0 atom stereocenters. The quantitative estimate of drug-likeness (QED) is 0.715. The van der Waals surface area contributed by atoms with Gasteiger partial charge in [-0.15, -0.1) is 0 Å². The van der Waals surface area contributed by atoms with Gasteiger partial charge in [0, 0.05) is 18.9 Å². The van der Waals surface area contributed by atoms with Crippen LogP contribution in [-0.2, 0) is 17.6 Å². The molecule has 0 bridgehead atoms. The Balaban J connectivity index is 2.26. The molecule has 0 radical (unpaired) electrons. The van der Waals surface area contributed by atoms with E-state index in [1.807, 2.05) is 0 Å². The van der Waals surface area contributed by atoms with E-state index in [1.165, 1.54) is 5.56 Å². The summed E-state index contributed by atoms with van der Waals surface area (Å²) in [7, 11) is 0. The Morgan fingerprint density at radius 3 is 2.33 bits per heavy atom. The van der Waals surface area contributed by atoms with Crippen molar-refractivity contribution in [1.82, 2.24) is 5.32 Å². The maximum atomic E-state index is 11.8. The van der Waals surface area contributed by atoms with Crippen LogP contribution in [0, 0.1) is 0 Å². The van der Waals surface area contributed by atoms with Gasteiger partial charge in [-0.05, 0) is 30.5 Å². The molecule has 0 fully saturated rings. The van der Waals surface area contributed by atoms with E-state index >= 15 is 0 Å². The molecule has 1 aromatic rings. The van der Waals surface area contributed by atoms with Crippen molar-refractivity contribution in [3.05, 3.63) is 35.4 Å². The van der Waals surface area contributed by atoms with E-state index in [0.29, 0.717) is 24.7 Å². The maximum Gasteiger partial charge on any atom is 0.137 e. The highest BCUT2D eigenvalue weighted by atomic mass is 16.1. The smallest absolute Gasteiger partial charge is 0.137 e. The first-order chi connectivity index (χ1) is 8.61. The summed E-state index contributed by atoms with van der Waals surface area (Å²) in [6.07, 6.45) is 3.24. The molecule has 100 valence electrons. The number of aryl methyl sites for hydroxylation is 1. The lowest BCUT2D eigenvalue weighted by Crippen LogP contribution is -2.24. The van der Waals surface area contributed by atoms with E-state index in [4.69, 9.17) is 0 Å². The van der Waals surface area contributed by atoms with Crippen LogP contribution >= 0.6 is 0 Å². The number of ketones is 1. The highest BCUT2D eigenvalue weighted by molar-refractivity contribution is 5.80. The average molecular weight is 247 g/mol.